The number of ether oxygens (including phenoxy) is 1. The molecule has 0 spiro atoms. The third-order valence-electron chi connectivity index (χ3n) is 4.01. The number of imidazole rings is 1. The summed E-state index contributed by atoms with van der Waals surface area (Å²) >= 11 is 8.14. The maximum Gasteiger partial charge on any atom is 0.417 e. The SMILES string of the molecule is CC(=O)N(C(=O)OC(C)(C)C)[C@@H]1C=C[C@H](n2cnc3c(Cl)nc(I)nc32)C1. The first kappa shape index (κ1) is 20.0. The first-order valence-corrected chi connectivity index (χ1v) is 9.79. The average molecular weight is 504 g/mol. The van der Waals surface area contributed by atoms with E-state index in [4.69, 9.17) is 16.3 Å². The average Bonchev–Trinajstić information content (AvgIpc) is 3.11. The minimum Gasteiger partial charge on any atom is -0.443 e. The van der Waals surface area contributed by atoms with Crippen molar-refractivity contribution in [1.29, 1.82) is 0 Å². The Morgan fingerprint density at radius 3 is 2.67 bits per heavy atom. The maximum atomic E-state index is 12.5. The van der Waals surface area contributed by atoms with E-state index in [9.17, 15) is 9.59 Å². The van der Waals surface area contributed by atoms with Crippen molar-refractivity contribution in [3.8, 4) is 0 Å². The zero-order valence-corrected chi connectivity index (χ0v) is 18.2. The van der Waals surface area contributed by atoms with Crippen molar-refractivity contribution >= 4 is 57.4 Å². The molecule has 0 bridgehead atoms. The van der Waals surface area contributed by atoms with E-state index in [0.717, 1.165) is 4.90 Å². The summed E-state index contributed by atoms with van der Waals surface area (Å²) in [6, 6.07) is -0.526. The number of rotatable bonds is 2. The Hall–Kier alpha value is -1.75. The van der Waals surface area contributed by atoms with Gasteiger partial charge >= 0.3 is 6.09 Å². The molecule has 2 amide bonds. The van der Waals surface area contributed by atoms with Crippen LogP contribution in [0.5, 0.6) is 0 Å². The highest BCUT2D eigenvalue weighted by Gasteiger charge is 2.34. The highest BCUT2D eigenvalue weighted by atomic mass is 127. The number of hydrogen-bond donors (Lipinski definition) is 0. The smallest absolute Gasteiger partial charge is 0.417 e. The van der Waals surface area contributed by atoms with Gasteiger partial charge in [0.25, 0.3) is 0 Å². The summed E-state index contributed by atoms with van der Waals surface area (Å²) in [6.07, 6.45) is 5.25. The van der Waals surface area contributed by atoms with Gasteiger partial charge in [-0.2, -0.15) is 0 Å². The van der Waals surface area contributed by atoms with E-state index in [1.54, 1.807) is 27.1 Å². The molecule has 144 valence electrons. The molecule has 0 saturated carbocycles. The molecule has 10 heteroatoms. The quantitative estimate of drug-likeness (QED) is 0.268. The predicted octanol–water partition coefficient (Wildman–Crippen LogP) is 3.74. The number of fused-ring (bicyclic) bond motifs is 1. The summed E-state index contributed by atoms with van der Waals surface area (Å²) in [4.78, 5) is 38.5. The normalized spacial score (nSPS) is 19.5. The van der Waals surface area contributed by atoms with Crippen molar-refractivity contribution in [2.75, 3.05) is 0 Å². The highest BCUT2D eigenvalue weighted by Crippen LogP contribution is 2.31. The number of imide groups is 1. The molecule has 0 radical (unpaired) electrons. The molecule has 1 aliphatic carbocycles. The fourth-order valence-electron chi connectivity index (χ4n) is 2.97. The van der Waals surface area contributed by atoms with Crippen LogP contribution in [-0.2, 0) is 9.53 Å². The lowest BCUT2D eigenvalue weighted by atomic mass is 10.2. The fourth-order valence-corrected chi connectivity index (χ4v) is 3.79. The molecule has 2 aromatic rings. The van der Waals surface area contributed by atoms with Gasteiger partial charge in [0.1, 0.15) is 11.1 Å². The van der Waals surface area contributed by atoms with Crippen LogP contribution < -0.4 is 0 Å². The molecule has 2 heterocycles. The number of aromatic nitrogens is 4. The zero-order valence-electron chi connectivity index (χ0n) is 15.3. The zero-order chi connectivity index (χ0) is 19.9. The third kappa shape index (κ3) is 4.23. The monoisotopic (exact) mass is 503 g/mol. The van der Waals surface area contributed by atoms with Gasteiger partial charge in [-0.05, 0) is 27.2 Å². The van der Waals surface area contributed by atoms with Crippen molar-refractivity contribution in [2.24, 2.45) is 0 Å². The summed E-state index contributed by atoms with van der Waals surface area (Å²) in [6.45, 7) is 6.64. The van der Waals surface area contributed by atoms with E-state index >= 15 is 0 Å². The molecule has 3 rings (SSSR count). The minimum absolute atomic E-state index is 0.119. The van der Waals surface area contributed by atoms with Crippen LogP contribution >= 0.6 is 34.2 Å². The Kier molecular flexibility index (Phi) is 5.44. The minimum atomic E-state index is -0.683. The van der Waals surface area contributed by atoms with Crippen LogP contribution in [0.3, 0.4) is 0 Å². The molecule has 0 N–H and O–H groups in total. The Labute approximate surface area is 175 Å². The second kappa shape index (κ2) is 7.34. The lowest BCUT2D eigenvalue weighted by Crippen LogP contribution is -2.45. The van der Waals surface area contributed by atoms with Crippen LogP contribution in [0.1, 0.15) is 40.2 Å². The Bertz CT molecular complexity index is 937. The van der Waals surface area contributed by atoms with Gasteiger partial charge in [-0.3, -0.25) is 4.79 Å². The lowest BCUT2D eigenvalue weighted by Gasteiger charge is -2.29. The van der Waals surface area contributed by atoms with Gasteiger partial charge in [0.15, 0.2) is 14.6 Å². The Balaban J connectivity index is 1.85. The van der Waals surface area contributed by atoms with Crippen molar-refractivity contribution in [2.45, 2.75) is 51.8 Å². The second-order valence-corrected chi connectivity index (χ2v) is 8.56. The van der Waals surface area contributed by atoms with Crippen LogP contribution in [0, 0.1) is 3.83 Å². The lowest BCUT2D eigenvalue weighted by molar-refractivity contribution is -0.129. The van der Waals surface area contributed by atoms with Crippen molar-refractivity contribution < 1.29 is 14.3 Å². The Morgan fingerprint density at radius 1 is 1.33 bits per heavy atom. The molecule has 0 fully saturated rings. The van der Waals surface area contributed by atoms with E-state index in [0.29, 0.717) is 26.6 Å². The second-order valence-electron chi connectivity index (χ2n) is 7.23. The highest BCUT2D eigenvalue weighted by molar-refractivity contribution is 14.1. The Morgan fingerprint density at radius 2 is 2.04 bits per heavy atom. The van der Waals surface area contributed by atoms with Crippen molar-refractivity contribution in [3.05, 3.63) is 27.5 Å². The summed E-state index contributed by atoms with van der Waals surface area (Å²) < 4.78 is 7.76. The van der Waals surface area contributed by atoms with Gasteiger partial charge in [0.2, 0.25) is 5.91 Å². The predicted molar refractivity (Wildman–Crippen MR) is 108 cm³/mol. The van der Waals surface area contributed by atoms with E-state index < -0.39 is 17.7 Å². The molecular weight excluding hydrogens is 485 g/mol. The summed E-state index contributed by atoms with van der Waals surface area (Å²) in [7, 11) is 0. The van der Waals surface area contributed by atoms with Crippen molar-refractivity contribution in [3.63, 3.8) is 0 Å². The molecule has 2 aromatic heterocycles. The molecule has 0 aromatic carbocycles. The standard InChI is InChI=1S/C17H19ClIN5O3/c1-9(25)24(16(26)27-17(2,3)4)11-6-5-10(7-11)23-8-20-12-13(18)21-15(19)22-14(12)23/h5-6,8,10-11H,7H2,1-4H3/t10-,11+/m0/s1. The maximum absolute atomic E-state index is 12.5. The number of amides is 2. The molecule has 27 heavy (non-hydrogen) atoms. The molecule has 8 nitrogen and oxygen atoms in total. The largest absolute Gasteiger partial charge is 0.443 e. The van der Waals surface area contributed by atoms with Crippen LogP contribution in [0.15, 0.2) is 18.5 Å². The molecule has 0 unspecified atom stereocenters. The number of carbonyl (C=O) groups is 2. The number of nitrogens with zero attached hydrogens (tertiary/aromatic N) is 5. The number of allylic oxidation sites excluding steroid dienone is 1. The molecule has 1 aliphatic rings. The van der Waals surface area contributed by atoms with Gasteiger partial charge in [-0.25, -0.2) is 24.6 Å². The van der Waals surface area contributed by atoms with Gasteiger partial charge in [0.05, 0.1) is 18.4 Å². The van der Waals surface area contributed by atoms with Gasteiger partial charge in [-0.1, -0.05) is 23.8 Å². The fraction of sp³-hybridized carbons (Fsp3) is 0.471. The summed E-state index contributed by atoms with van der Waals surface area (Å²) in [5, 5.41) is 0.292. The van der Waals surface area contributed by atoms with E-state index in [-0.39, 0.29) is 11.9 Å². The van der Waals surface area contributed by atoms with Crippen LogP contribution in [0.25, 0.3) is 11.2 Å². The number of halogens is 2. The molecular formula is C17H19ClIN5O3. The first-order valence-electron chi connectivity index (χ1n) is 8.33. The van der Waals surface area contributed by atoms with E-state index in [1.807, 2.05) is 39.3 Å². The third-order valence-corrected chi connectivity index (χ3v) is 4.75. The number of carbonyl (C=O) groups excluding carboxylic acids is 2. The number of hydrogen-bond acceptors (Lipinski definition) is 6. The van der Waals surface area contributed by atoms with Gasteiger partial charge in [0, 0.05) is 29.5 Å². The van der Waals surface area contributed by atoms with Crippen molar-refractivity contribution in [1.82, 2.24) is 24.4 Å². The van der Waals surface area contributed by atoms with Gasteiger partial charge < -0.3 is 9.30 Å². The molecule has 2 atom stereocenters. The molecule has 0 saturated heterocycles. The summed E-state index contributed by atoms with van der Waals surface area (Å²) in [5.74, 6) is -0.366. The van der Waals surface area contributed by atoms with E-state index in [2.05, 4.69) is 15.0 Å². The van der Waals surface area contributed by atoms with Crippen LogP contribution in [0.2, 0.25) is 5.15 Å². The molecule has 0 aliphatic heterocycles. The topological polar surface area (TPSA) is 90.2 Å². The van der Waals surface area contributed by atoms with E-state index in [1.165, 1.54) is 6.92 Å². The summed E-state index contributed by atoms with van der Waals surface area (Å²) in [5.41, 5.74) is 0.447. The first-order chi connectivity index (χ1) is 12.6. The van der Waals surface area contributed by atoms with Crippen LogP contribution in [0.4, 0.5) is 4.79 Å². The van der Waals surface area contributed by atoms with Gasteiger partial charge in [-0.15, -0.1) is 0 Å². The van der Waals surface area contributed by atoms with Crippen LogP contribution in [-0.4, -0.2) is 48.1 Å².